The smallest absolute Gasteiger partial charge is 0.322 e. The highest BCUT2D eigenvalue weighted by atomic mass is 35.5. The molecule has 0 aliphatic rings. The maximum absolute atomic E-state index is 9.24. The zero-order valence-corrected chi connectivity index (χ0v) is 16.9. The van der Waals surface area contributed by atoms with Crippen molar-refractivity contribution < 1.29 is 9.15 Å². The molecule has 0 fully saturated rings. The van der Waals surface area contributed by atoms with E-state index in [1.807, 2.05) is 32.0 Å². The molecule has 4 rings (SSSR count). The lowest BCUT2D eigenvalue weighted by atomic mass is 10.1. The van der Waals surface area contributed by atoms with Gasteiger partial charge in [-0.25, -0.2) is 4.98 Å². The van der Waals surface area contributed by atoms with Gasteiger partial charge in [0.15, 0.2) is 5.13 Å². The summed E-state index contributed by atoms with van der Waals surface area (Å²) in [5.74, 6) is 0.914. The number of hydrogen-bond acceptors (Lipinski definition) is 8. The number of nitriles is 1. The number of rotatable bonds is 4. The number of fused-ring (bicyclic) bond motifs is 1. The number of thiazole rings is 1. The predicted molar refractivity (Wildman–Crippen MR) is 110 cm³/mol. The van der Waals surface area contributed by atoms with Gasteiger partial charge < -0.3 is 9.15 Å². The van der Waals surface area contributed by atoms with E-state index in [1.165, 1.54) is 11.3 Å². The number of hydrogen-bond donors (Lipinski definition) is 1. The number of nitrogens with zero attached hydrogens (tertiary/aromatic N) is 4. The van der Waals surface area contributed by atoms with Crippen molar-refractivity contribution in [3.05, 3.63) is 47.0 Å². The lowest BCUT2D eigenvalue weighted by molar-refractivity contribution is 0.419. The van der Waals surface area contributed by atoms with Crippen LogP contribution in [-0.4, -0.2) is 22.3 Å². The fraction of sp³-hybridized carbons (Fsp3) is 0.158. The minimum absolute atomic E-state index is 0.178. The van der Waals surface area contributed by atoms with E-state index in [9.17, 15) is 5.26 Å². The largest absolute Gasteiger partial charge is 0.494 e. The maximum Gasteiger partial charge on any atom is 0.322 e. The highest BCUT2D eigenvalue weighted by Crippen LogP contribution is 2.34. The van der Waals surface area contributed by atoms with Crippen molar-refractivity contribution in [1.29, 1.82) is 5.26 Å². The van der Waals surface area contributed by atoms with Gasteiger partial charge in [0.05, 0.1) is 22.9 Å². The Kier molecular flexibility index (Phi) is 6.09. The molecule has 142 valence electrons. The lowest BCUT2D eigenvalue weighted by Gasteiger charge is -1.99. The van der Waals surface area contributed by atoms with Crippen LogP contribution >= 0.6 is 22.9 Å². The van der Waals surface area contributed by atoms with Crippen molar-refractivity contribution >= 4 is 44.3 Å². The van der Waals surface area contributed by atoms with Crippen LogP contribution in [0.4, 0.5) is 11.1 Å². The van der Waals surface area contributed by atoms with Gasteiger partial charge in [0.2, 0.25) is 0 Å². The summed E-state index contributed by atoms with van der Waals surface area (Å²) in [5, 5.41) is 21.2. The number of aromatic nitrogens is 3. The van der Waals surface area contributed by atoms with Crippen molar-refractivity contribution in [2.24, 2.45) is 0 Å². The molecule has 0 aliphatic heterocycles. The Morgan fingerprint density at radius 2 is 2.04 bits per heavy atom. The van der Waals surface area contributed by atoms with Gasteiger partial charge in [0, 0.05) is 5.02 Å². The van der Waals surface area contributed by atoms with Crippen LogP contribution in [0.1, 0.15) is 19.4 Å². The van der Waals surface area contributed by atoms with Crippen molar-refractivity contribution in [1.82, 2.24) is 15.2 Å². The second-order valence-electron chi connectivity index (χ2n) is 5.17. The van der Waals surface area contributed by atoms with Crippen molar-refractivity contribution in [3.63, 3.8) is 0 Å². The van der Waals surface area contributed by atoms with Gasteiger partial charge in [-0.2, -0.15) is 5.26 Å². The van der Waals surface area contributed by atoms with Crippen LogP contribution in [0.25, 0.3) is 21.7 Å². The summed E-state index contributed by atoms with van der Waals surface area (Å²) < 4.78 is 11.9. The molecule has 0 unspecified atom stereocenters. The Balaban J connectivity index is 0.00000109. The molecular weight excluding hydrogens is 398 g/mol. The first-order valence-corrected chi connectivity index (χ1v) is 9.61. The molecule has 28 heavy (non-hydrogen) atoms. The number of benzene rings is 2. The zero-order valence-electron chi connectivity index (χ0n) is 15.4. The fourth-order valence-corrected chi connectivity index (χ4v) is 3.46. The Morgan fingerprint density at radius 1 is 1.21 bits per heavy atom. The van der Waals surface area contributed by atoms with E-state index in [4.69, 9.17) is 20.8 Å². The van der Waals surface area contributed by atoms with E-state index < -0.39 is 0 Å². The number of para-hydroxylation sites is 1. The first kappa shape index (κ1) is 19.6. The lowest BCUT2D eigenvalue weighted by Crippen LogP contribution is -1.89. The summed E-state index contributed by atoms with van der Waals surface area (Å²) in [7, 11) is 1.60. The van der Waals surface area contributed by atoms with Crippen molar-refractivity contribution in [2.45, 2.75) is 13.8 Å². The summed E-state index contributed by atoms with van der Waals surface area (Å²) in [6.45, 7) is 4.00. The Hall–Kier alpha value is -3.15. The third-order valence-electron chi connectivity index (χ3n) is 3.57. The fourth-order valence-electron chi connectivity index (χ4n) is 2.41. The molecule has 2 heterocycles. The van der Waals surface area contributed by atoms with Gasteiger partial charge in [0.25, 0.3) is 5.89 Å². The topological polar surface area (TPSA) is 96.9 Å². The van der Waals surface area contributed by atoms with Crippen LogP contribution in [0.2, 0.25) is 5.02 Å². The highest BCUT2D eigenvalue weighted by Gasteiger charge is 2.15. The molecule has 0 atom stereocenters. The molecule has 0 spiro atoms. The average Bonchev–Trinajstić information content (AvgIpc) is 3.35. The average molecular weight is 414 g/mol. The SMILES string of the molecule is CC.COc1cccc2sc(Nc3nnc(-c4ccc(Cl)cc4C#N)o3)nc12. The van der Waals surface area contributed by atoms with Crippen molar-refractivity contribution in [2.75, 3.05) is 12.4 Å². The third kappa shape index (κ3) is 3.91. The van der Waals surface area contributed by atoms with Gasteiger partial charge in [-0.05, 0) is 30.3 Å². The van der Waals surface area contributed by atoms with Gasteiger partial charge in [-0.3, -0.25) is 5.32 Å². The third-order valence-corrected chi connectivity index (χ3v) is 4.74. The van der Waals surface area contributed by atoms with E-state index in [1.54, 1.807) is 25.3 Å². The molecule has 7 nitrogen and oxygen atoms in total. The molecule has 0 radical (unpaired) electrons. The minimum Gasteiger partial charge on any atom is -0.494 e. The zero-order chi connectivity index (χ0) is 20.1. The van der Waals surface area contributed by atoms with Crippen LogP contribution in [0.15, 0.2) is 40.8 Å². The van der Waals surface area contributed by atoms with E-state index >= 15 is 0 Å². The minimum atomic E-state index is 0.178. The maximum atomic E-state index is 9.24. The molecule has 0 saturated heterocycles. The van der Waals surface area contributed by atoms with E-state index in [2.05, 4.69) is 26.6 Å². The molecule has 0 saturated carbocycles. The summed E-state index contributed by atoms with van der Waals surface area (Å²) in [4.78, 5) is 4.49. The van der Waals surface area contributed by atoms with Crippen LogP contribution < -0.4 is 10.1 Å². The van der Waals surface area contributed by atoms with Crippen molar-refractivity contribution in [3.8, 4) is 23.3 Å². The first-order chi connectivity index (χ1) is 13.7. The van der Waals surface area contributed by atoms with Gasteiger partial charge in [-0.15, -0.1) is 5.10 Å². The van der Waals surface area contributed by atoms with Gasteiger partial charge in [-0.1, -0.05) is 48.0 Å². The normalized spacial score (nSPS) is 10.1. The second-order valence-corrected chi connectivity index (χ2v) is 6.63. The van der Waals surface area contributed by atoms with Crippen LogP contribution in [0, 0.1) is 11.3 Å². The number of ether oxygens (including phenoxy) is 1. The molecule has 2 aromatic carbocycles. The standard InChI is InChI=1S/C17H10ClN5O2S.C2H6/c1-24-12-3-2-4-13-14(12)20-17(26-13)21-16-23-22-15(25-16)11-6-5-10(18)7-9(11)8-19;1-2/h2-7H,1H3,(H,20,21,23);1-2H3. The molecule has 9 heteroatoms. The predicted octanol–water partition coefficient (Wildman–Crippen LogP) is 5.65. The van der Waals surface area contributed by atoms with E-state index in [-0.39, 0.29) is 11.9 Å². The summed E-state index contributed by atoms with van der Waals surface area (Å²) >= 11 is 7.35. The Bertz CT molecular complexity index is 1150. The monoisotopic (exact) mass is 413 g/mol. The van der Waals surface area contributed by atoms with Gasteiger partial charge in [0.1, 0.15) is 17.3 Å². The summed E-state index contributed by atoms with van der Waals surface area (Å²) in [5.41, 5.74) is 1.63. The van der Waals surface area contributed by atoms with Gasteiger partial charge >= 0.3 is 6.01 Å². The summed E-state index contributed by atoms with van der Waals surface area (Å²) in [6, 6.07) is 12.8. The second kappa shape index (κ2) is 8.69. The Labute approximate surface area is 170 Å². The highest BCUT2D eigenvalue weighted by molar-refractivity contribution is 7.22. The molecule has 1 N–H and O–H groups in total. The number of nitrogens with one attached hydrogen (secondary N) is 1. The Morgan fingerprint density at radius 3 is 2.79 bits per heavy atom. The molecule has 0 aliphatic carbocycles. The van der Waals surface area contributed by atoms with Crippen LogP contribution in [0.3, 0.4) is 0 Å². The number of methoxy groups -OCH3 is 1. The number of anilines is 2. The van der Waals surface area contributed by atoms with E-state index in [0.29, 0.717) is 27.0 Å². The molecule has 0 amide bonds. The molecule has 4 aromatic rings. The quantitative estimate of drug-likeness (QED) is 0.461. The molecule has 2 aromatic heterocycles. The number of halogens is 1. The molecular formula is C19H16ClN5O2S. The van der Waals surface area contributed by atoms with Crippen LogP contribution in [0.5, 0.6) is 5.75 Å². The molecule has 0 bridgehead atoms. The van der Waals surface area contributed by atoms with Crippen LogP contribution in [-0.2, 0) is 0 Å². The summed E-state index contributed by atoms with van der Waals surface area (Å²) in [6.07, 6.45) is 0. The van der Waals surface area contributed by atoms with E-state index in [0.717, 1.165) is 10.2 Å². The first-order valence-electron chi connectivity index (χ1n) is 8.42.